The van der Waals surface area contributed by atoms with Gasteiger partial charge < -0.3 is 9.47 Å². The Morgan fingerprint density at radius 3 is 2.69 bits per heavy atom. The number of carbonyl (C=O) groups is 1. The second-order valence-corrected chi connectivity index (χ2v) is 3.90. The van der Waals surface area contributed by atoms with E-state index in [0.29, 0.717) is 26.3 Å². The third-order valence-corrected chi connectivity index (χ3v) is 2.61. The molecule has 0 aromatic rings. The first-order valence-electron chi connectivity index (χ1n) is 5.23. The maximum absolute atomic E-state index is 12.8. The number of nitrogens with zero attached hydrogens (tertiary/aromatic N) is 1. The Kier molecular flexibility index (Phi) is 3.36. The van der Waals surface area contributed by atoms with E-state index in [0.717, 1.165) is 0 Å². The van der Waals surface area contributed by atoms with Gasteiger partial charge in [-0.1, -0.05) is 0 Å². The van der Waals surface area contributed by atoms with Crippen LogP contribution in [0.3, 0.4) is 0 Å². The van der Waals surface area contributed by atoms with Gasteiger partial charge in [0.05, 0.1) is 19.6 Å². The molecule has 0 aliphatic carbocycles. The molecule has 0 aromatic carbocycles. The number of esters is 1. The van der Waals surface area contributed by atoms with Crippen LogP contribution in [0.2, 0.25) is 0 Å². The Bertz CT molecular complexity index is 269. The van der Waals surface area contributed by atoms with Crippen molar-refractivity contribution in [2.45, 2.75) is 18.4 Å². The molecule has 0 spiro atoms. The first-order valence-corrected chi connectivity index (χ1v) is 5.23. The average molecular weight is 236 g/mol. The quantitative estimate of drug-likeness (QED) is 0.686. The number of hydrogen-bond acceptors (Lipinski definition) is 5. The fourth-order valence-corrected chi connectivity index (χ4v) is 1.71. The van der Waals surface area contributed by atoms with Crippen LogP contribution in [-0.4, -0.2) is 55.9 Å². The van der Waals surface area contributed by atoms with Crippen LogP contribution >= 0.6 is 0 Å². The van der Waals surface area contributed by atoms with Crippen LogP contribution in [0.5, 0.6) is 0 Å². The normalized spacial score (nSPS) is 30.4. The minimum absolute atomic E-state index is 0.224. The number of alkyl halides is 2. The number of morpholine rings is 1. The summed E-state index contributed by atoms with van der Waals surface area (Å²) in [4.78, 5) is 10.7. The van der Waals surface area contributed by atoms with Crippen molar-refractivity contribution < 1.29 is 23.0 Å². The van der Waals surface area contributed by atoms with E-state index < -0.39 is 24.4 Å². The van der Waals surface area contributed by atoms with Gasteiger partial charge in [0.2, 0.25) is 0 Å². The predicted octanol–water partition coefficient (Wildman–Crippen LogP) is -0.226. The third kappa shape index (κ3) is 2.66. The summed E-state index contributed by atoms with van der Waals surface area (Å²) >= 11 is 0. The number of nitrogens with one attached hydrogen (secondary N) is 1. The summed E-state index contributed by atoms with van der Waals surface area (Å²) in [6.45, 7) is 2.87. The molecule has 2 rings (SSSR count). The Balaban J connectivity index is 1.73. The zero-order valence-corrected chi connectivity index (χ0v) is 8.75. The highest BCUT2D eigenvalue weighted by atomic mass is 19.3. The first-order chi connectivity index (χ1) is 7.58. The fourth-order valence-electron chi connectivity index (χ4n) is 1.71. The molecule has 0 saturated carbocycles. The molecule has 2 saturated heterocycles. The van der Waals surface area contributed by atoms with Crippen molar-refractivity contribution >= 4 is 5.97 Å². The number of ether oxygens (including phenoxy) is 2. The highest BCUT2D eigenvalue weighted by Crippen LogP contribution is 2.30. The molecule has 2 heterocycles. The topological polar surface area (TPSA) is 50.8 Å². The van der Waals surface area contributed by atoms with Crippen LogP contribution in [0.4, 0.5) is 8.78 Å². The lowest BCUT2D eigenvalue weighted by Crippen LogP contribution is -2.48. The van der Waals surface area contributed by atoms with Crippen LogP contribution in [0.15, 0.2) is 0 Å². The van der Waals surface area contributed by atoms with Gasteiger partial charge in [0, 0.05) is 19.6 Å². The summed E-state index contributed by atoms with van der Waals surface area (Å²) in [5.41, 5.74) is 2.96. The molecule has 2 aliphatic heterocycles. The summed E-state index contributed by atoms with van der Waals surface area (Å²) in [5, 5.41) is 1.88. The molecular formula is C9H14F2N2O3. The van der Waals surface area contributed by atoms with E-state index in [1.165, 1.54) is 0 Å². The fraction of sp³-hybridized carbons (Fsp3) is 0.889. The summed E-state index contributed by atoms with van der Waals surface area (Å²) in [7, 11) is 0. The minimum atomic E-state index is -3.32. The number of hydrazine groups is 1. The highest BCUT2D eigenvalue weighted by molar-refractivity contribution is 5.79. The Hall–Kier alpha value is -0.790. The molecule has 1 atom stereocenters. The van der Waals surface area contributed by atoms with Crippen LogP contribution < -0.4 is 5.43 Å². The van der Waals surface area contributed by atoms with Crippen molar-refractivity contribution in [1.82, 2.24) is 10.4 Å². The lowest BCUT2D eigenvalue weighted by molar-refractivity contribution is -0.159. The van der Waals surface area contributed by atoms with Gasteiger partial charge in [0.25, 0.3) is 0 Å². The van der Waals surface area contributed by atoms with Crippen LogP contribution in [0.1, 0.15) is 6.42 Å². The molecule has 5 nitrogen and oxygen atoms in total. The average Bonchev–Trinajstić information content (AvgIpc) is 2.52. The van der Waals surface area contributed by atoms with Gasteiger partial charge in [-0.2, -0.15) is 8.78 Å². The van der Waals surface area contributed by atoms with Crippen molar-refractivity contribution in [3.63, 3.8) is 0 Å². The lowest BCUT2D eigenvalue weighted by atomic mass is 10.2. The second kappa shape index (κ2) is 4.60. The molecule has 0 radical (unpaired) electrons. The van der Waals surface area contributed by atoms with E-state index in [1.807, 2.05) is 5.01 Å². The predicted molar refractivity (Wildman–Crippen MR) is 49.8 cm³/mol. The third-order valence-electron chi connectivity index (χ3n) is 2.61. The monoisotopic (exact) mass is 236 g/mol. The minimum Gasteiger partial charge on any atom is -0.456 e. The van der Waals surface area contributed by atoms with Gasteiger partial charge in [-0.05, 0) is 0 Å². The lowest BCUT2D eigenvalue weighted by Gasteiger charge is -2.28. The molecule has 1 N–H and O–H groups in total. The molecule has 1 unspecified atom stereocenters. The molecular weight excluding hydrogens is 222 g/mol. The molecule has 92 valence electrons. The van der Waals surface area contributed by atoms with E-state index in [1.54, 1.807) is 0 Å². The van der Waals surface area contributed by atoms with Crippen molar-refractivity contribution in [2.24, 2.45) is 0 Å². The Morgan fingerprint density at radius 1 is 1.44 bits per heavy atom. The van der Waals surface area contributed by atoms with Gasteiger partial charge in [-0.15, -0.1) is 0 Å². The molecule has 2 aliphatic rings. The second-order valence-electron chi connectivity index (χ2n) is 3.90. The van der Waals surface area contributed by atoms with Crippen molar-refractivity contribution in [3.05, 3.63) is 0 Å². The number of carbonyl (C=O) groups excluding carboxylic acids is 1. The standard InChI is InChI=1S/C9H14F2N2O3/c10-9(11)5-7(16-8(9)14)6-12-13-1-3-15-4-2-13/h7,12H,1-6H2. The number of rotatable bonds is 3. The van der Waals surface area contributed by atoms with Crippen molar-refractivity contribution in [1.29, 1.82) is 0 Å². The van der Waals surface area contributed by atoms with Crippen LogP contribution in [0, 0.1) is 0 Å². The SMILES string of the molecule is O=C1OC(CNN2CCOCC2)CC1(F)F. The van der Waals surface area contributed by atoms with Crippen LogP contribution in [0.25, 0.3) is 0 Å². The summed E-state index contributed by atoms with van der Waals surface area (Å²) < 4.78 is 35.3. The zero-order valence-electron chi connectivity index (χ0n) is 8.75. The smallest absolute Gasteiger partial charge is 0.377 e. The van der Waals surface area contributed by atoms with Crippen LogP contribution in [-0.2, 0) is 14.3 Å². The molecule has 0 aromatic heterocycles. The van der Waals surface area contributed by atoms with E-state index in [4.69, 9.17) is 4.74 Å². The summed E-state index contributed by atoms with van der Waals surface area (Å²) in [6.07, 6.45) is -1.28. The maximum Gasteiger partial charge on any atom is 0.377 e. The molecule has 7 heteroatoms. The van der Waals surface area contributed by atoms with Gasteiger partial charge in [-0.25, -0.2) is 9.80 Å². The number of hydrogen-bond donors (Lipinski definition) is 1. The first kappa shape index (κ1) is 11.7. The number of cyclic esters (lactones) is 1. The van der Waals surface area contributed by atoms with E-state index >= 15 is 0 Å². The van der Waals surface area contributed by atoms with E-state index in [-0.39, 0.29) is 6.54 Å². The Labute approximate surface area is 91.6 Å². The van der Waals surface area contributed by atoms with E-state index in [9.17, 15) is 13.6 Å². The van der Waals surface area contributed by atoms with Gasteiger partial charge in [0.1, 0.15) is 6.10 Å². The maximum atomic E-state index is 12.8. The van der Waals surface area contributed by atoms with Crippen molar-refractivity contribution in [2.75, 3.05) is 32.8 Å². The van der Waals surface area contributed by atoms with Gasteiger partial charge >= 0.3 is 11.9 Å². The molecule has 0 amide bonds. The summed E-state index contributed by atoms with van der Waals surface area (Å²) in [5.74, 6) is -4.74. The van der Waals surface area contributed by atoms with Crippen molar-refractivity contribution in [3.8, 4) is 0 Å². The molecule has 2 fully saturated rings. The summed E-state index contributed by atoms with van der Waals surface area (Å²) in [6, 6.07) is 0. The zero-order chi connectivity index (χ0) is 11.6. The van der Waals surface area contributed by atoms with Gasteiger partial charge in [0.15, 0.2) is 0 Å². The highest BCUT2D eigenvalue weighted by Gasteiger charge is 2.50. The Morgan fingerprint density at radius 2 is 2.12 bits per heavy atom. The van der Waals surface area contributed by atoms with Gasteiger partial charge in [-0.3, -0.25) is 5.43 Å². The number of halogens is 2. The molecule has 16 heavy (non-hydrogen) atoms. The van der Waals surface area contributed by atoms with E-state index in [2.05, 4.69) is 10.2 Å². The molecule has 0 bridgehead atoms. The largest absolute Gasteiger partial charge is 0.456 e.